The third kappa shape index (κ3) is 22.4. The number of carboxylic acid groups (broad SMARTS) is 4. The zero-order valence-electron chi connectivity index (χ0n) is 77.6. The van der Waals surface area contributed by atoms with Crippen LogP contribution in [-0.4, -0.2) is 113 Å². The van der Waals surface area contributed by atoms with Gasteiger partial charge >= 0.3 is 23.9 Å². The second-order valence-corrected chi connectivity index (χ2v) is 33.5. The maximum Gasteiger partial charge on any atom is 0.341 e. The average Bonchev–Trinajstić information content (AvgIpc) is 0.797. The maximum absolute atomic E-state index is 12.7. The third-order valence-corrected chi connectivity index (χ3v) is 23.8. The minimum absolute atomic E-state index is 0.0166. The van der Waals surface area contributed by atoms with Crippen molar-refractivity contribution < 1.29 is 64.2 Å². The number of rotatable bonds is 20. The van der Waals surface area contributed by atoms with Crippen molar-refractivity contribution in [1.29, 1.82) is 0 Å². The highest BCUT2D eigenvalue weighted by Crippen LogP contribution is 2.31. The normalized spacial score (nSPS) is 11.3. The van der Waals surface area contributed by atoms with Crippen molar-refractivity contribution >= 4 is 74.3 Å². The molecule has 0 amide bonds. The van der Waals surface area contributed by atoms with Gasteiger partial charge in [-0.15, -0.1) is 0 Å². The predicted molar refractivity (Wildman–Crippen MR) is 543 cm³/mol. The molecule has 0 spiro atoms. The van der Waals surface area contributed by atoms with E-state index in [1.54, 1.807) is 163 Å². The Bertz CT molecular complexity index is 8670. The van der Waals surface area contributed by atoms with Crippen LogP contribution in [0.5, 0.6) is 0 Å². The van der Waals surface area contributed by atoms with Gasteiger partial charge in [-0.05, 0) is 206 Å². The van der Waals surface area contributed by atoms with Gasteiger partial charge in [0.2, 0.25) is 0 Å². The molecule has 710 valence electrons. The molecule has 6 N–H and O–H groups in total. The summed E-state index contributed by atoms with van der Waals surface area (Å²) in [6.45, 7) is 6.63. The molecule has 28 heteroatoms. The summed E-state index contributed by atoms with van der Waals surface area (Å²) in [5.41, 5.74) is 14.6. The Hall–Kier alpha value is -18.9. The number of pyridine rings is 13. The number of ketones is 3. The summed E-state index contributed by atoms with van der Waals surface area (Å²) in [5.74, 6) is -5.85. The van der Waals surface area contributed by atoms with Crippen LogP contribution in [0.25, 0.3) is 55.4 Å². The first-order valence-corrected chi connectivity index (χ1v) is 44.9. The zero-order chi connectivity index (χ0) is 101. The maximum atomic E-state index is 12.7. The number of aromatic carboxylic acids is 4. The molecule has 28 nitrogen and oxygen atoms in total. The number of nitrogens with zero attached hydrogens (tertiary/aromatic N) is 9. The van der Waals surface area contributed by atoms with Crippen LogP contribution in [-0.2, 0) is 26.3 Å². The molecule has 0 aliphatic heterocycles. The Morgan fingerprint density at radius 3 is 1.02 bits per heavy atom. The highest BCUT2D eigenvalue weighted by Gasteiger charge is 2.26. The Labute approximate surface area is 814 Å². The Kier molecular flexibility index (Phi) is 30.4. The van der Waals surface area contributed by atoms with E-state index in [1.165, 1.54) is 88.4 Å². The second kappa shape index (κ2) is 44.0. The average molecular weight is 1900 g/mol. The van der Waals surface area contributed by atoms with Gasteiger partial charge in [0.15, 0.2) is 17.3 Å². The van der Waals surface area contributed by atoms with E-state index in [0.29, 0.717) is 74.7 Å². The van der Waals surface area contributed by atoms with E-state index >= 15 is 0 Å². The van der Waals surface area contributed by atoms with Crippen molar-refractivity contribution in [2.45, 2.75) is 59.2 Å². The summed E-state index contributed by atoms with van der Waals surface area (Å²) in [6.07, 6.45) is 14.5. The van der Waals surface area contributed by atoms with Crippen LogP contribution in [0.3, 0.4) is 0 Å². The van der Waals surface area contributed by atoms with E-state index in [4.69, 9.17) is 0 Å². The van der Waals surface area contributed by atoms with E-state index in [9.17, 15) is 93.0 Å². The number of aliphatic hydroxyl groups excluding tert-OH is 2. The molecule has 0 fully saturated rings. The second-order valence-electron chi connectivity index (χ2n) is 33.5. The number of fused-ring (bicyclic) bond motifs is 6. The lowest BCUT2D eigenvalue weighted by Crippen LogP contribution is -2.23. The van der Waals surface area contributed by atoms with Crippen molar-refractivity contribution in [3.05, 3.63) is 551 Å². The van der Waals surface area contributed by atoms with E-state index in [0.717, 1.165) is 72.4 Å². The van der Waals surface area contributed by atoms with Crippen molar-refractivity contribution in [2.24, 2.45) is 7.05 Å². The van der Waals surface area contributed by atoms with Crippen molar-refractivity contribution in [2.75, 3.05) is 0 Å². The van der Waals surface area contributed by atoms with E-state index in [1.807, 2.05) is 173 Å². The summed E-state index contributed by atoms with van der Waals surface area (Å²) in [5, 5.41) is 62.7. The molecule has 6 aromatic carbocycles. The third-order valence-electron chi connectivity index (χ3n) is 23.8. The number of carboxylic acids is 4. The number of benzene rings is 6. The predicted octanol–water partition coefficient (Wildman–Crippen LogP) is 17.2. The number of carbonyl (C=O) groups excluding carboxylic acids is 3. The molecule has 2 atom stereocenters. The van der Waals surface area contributed by atoms with Crippen molar-refractivity contribution in [3.8, 4) is 22.3 Å². The molecule has 0 radical (unpaired) electrons. The first-order valence-electron chi connectivity index (χ1n) is 44.9. The van der Waals surface area contributed by atoms with Gasteiger partial charge in [-0.3, -0.25) is 79.2 Å². The standard InChI is InChI=1S/C23H17NO3.C20H16N4O3.C18H15NO4.2C18H15NO3.C18H13NO3/c25-22-20(23(26)27)15-19(21-8-4-5-13-24(21)22)14-16-9-11-18(12-10-16)17-6-2-1-3-7-17;1-23-12-15(11-22-23)13-5-6-16(21-10-13)8-14-9-17(20(26)27)19(25)24-7-3-2-4-18(14)24;1-11-5-7-12(8-6-11)16(20)13-10-14(18(22)23)17(21)19-9-3-2-4-15(13)19;1-12-5-7-13(8-6-12)10-14-11-15(18(21)22)17(20)19-9-3-2-4-16(14)19;2*1-12(20)14-11-15(17(21)13-7-3-2-4-8-13)16-9-5-6-10-19(16)18(14)22/h1-13,15H,14H2,(H,26,27);2-7,9-12H,8H2,1H3,(H,26,27);2-10,16,20H,1H3,(H,22,23);2-9,11H,10H2,1H3,(H,21,22);2-11,17,21H,1H3;2-11H,1H3. The Morgan fingerprint density at radius 2 is 0.622 bits per heavy atom. The van der Waals surface area contributed by atoms with Gasteiger partial charge in [-0.25, -0.2) is 19.2 Å². The SMILES string of the molecule is CC(=O)c1cc(C(=O)c2ccccc2)c2ccccn2c1=O.CC(=O)c1cc(C(O)c2ccccc2)c2ccccn2c1=O.Cc1ccc(C(O)c2cc(C(=O)O)c(=O)n3ccccc23)cc1.Cc1ccc(Cc2cc(C(=O)O)c(=O)n3ccccc23)cc1.Cn1cc(-c2ccc(Cc3cc(C(=O)O)c(=O)n4ccccc34)nc2)cn1.O=C(O)c1cc(Cc2ccc(-c3ccccc3)cc2)c2ccccn2c1=O. The largest absolute Gasteiger partial charge is 0.477 e. The number of hydrogen-bond acceptors (Lipinski definition) is 17. The summed E-state index contributed by atoms with van der Waals surface area (Å²) < 4.78 is 9.87. The first-order chi connectivity index (χ1) is 68.9. The van der Waals surface area contributed by atoms with Gasteiger partial charge < -0.3 is 30.6 Å². The number of aliphatic hydroxyl groups is 2. The minimum Gasteiger partial charge on any atom is -0.477 e. The lowest BCUT2D eigenvalue weighted by atomic mass is 9.98. The number of aryl methyl sites for hydroxylation is 3. The monoisotopic (exact) mass is 1900 g/mol. The van der Waals surface area contributed by atoms with Crippen molar-refractivity contribution in [3.63, 3.8) is 0 Å². The minimum atomic E-state index is -1.31. The molecule has 0 aliphatic carbocycles. The van der Waals surface area contributed by atoms with Crippen LogP contribution in [0.1, 0.15) is 171 Å². The highest BCUT2D eigenvalue weighted by molar-refractivity contribution is 6.14. The van der Waals surface area contributed by atoms with Gasteiger partial charge in [-0.1, -0.05) is 217 Å². The van der Waals surface area contributed by atoms with Crippen LogP contribution in [0, 0.1) is 13.8 Å². The lowest BCUT2D eigenvalue weighted by molar-refractivity contribution is 0.0683. The molecule has 0 saturated heterocycles. The zero-order valence-corrected chi connectivity index (χ0v) is 77.6. The summed E-state index contributed by atoms with van der Waals surface area (Å²) in [4.78, 5) is 160. The molecule has 0 aliphatic rings. The van der Waals surface area contributed by atoms with Crippen LogP contribution < -0.4 is 33.4 Å². The molecule has 2 unspecified atom stereocenters. The van der Waals surface area contributed by atoms with Crippen LogP contribution >= 0.6 is 0 Å². The quantitative estimate of drug-likeness (QED) is 0.0386. The number of carbonyl (C=O) groups is 7. The number of hydrogen-bond donors (Lipinski definition) is 6. The molecule has 0 saturated carbocycles. The molecule has 14 aromatic heterocycles. The van der Waals surface area contributed by atoms with Gasteiger partial charge in [0.1, 0.15) is 34.5 Å². The van der Waals surface area contributed by atoms with Gasteiger partial charge in [0, 0.05) is 102 Å². The fraction of sp³-hybridized carbons (Fsp3) is 0.0870. The molecule has 0 bridgehead atoms. The van der Waals surface area contributed by atoms with Crippen molar-refractivity contribution in [1.82, 2.24) is 41.2 Å². The van der Waals surface area contributed by atoms with E-state index in [2.05, 4.69) is 34.3 Å². The molecule has 143 heavy (non-hydrogen) atoms. The van der Waals surface area contributed by atoms with E-state index < -0.39 is 63.9 Å². The van der Waals surface area contributed by atoms with Crippen LogP contribution in [0.4, 0.5) is 0 Å². The van der Waals surface area contributed by atoms with Gasteiger partial charge in [-0.2, -0.15) is 5.10 Å². The van der Waals surface area contributed by atoms with Gasteiger partial charge in [0.05, 0.1) is 50.4 Å². The number of aromatic nitrogens is 9. The van der Waals surface area contributed by atoms with E-state index in [-0.39, 0.29) is 56.3 Å². The van der Waals surface area contributed by atoms with Crippen LogP contribution in [0.15, 0.2) is 406 Å². The lowest BCUT2D eigenvalue weighted by Gasteiger charge is -2.15. The molecule has 20 rings (SSSR count). The highest BCUT2D eigenvalue weighted by atomic mass is 16.4. The number of Topliss-reactive ketones (excluding diaryl/α,β-unsaturated/α-hetero) is 2. The summed E-state index contributed by atoms with van der Waals surface area (Å²) in [6, 6.07) is 95.6. The topological polar surface area (TPSA) is 400 Å². The fourth-order valence-corrected chi connectivity index (χ4v) is 16.5. The smallest absolute Gasteiger partial charge is 0.341 e. The first kappa shape index (κ1) is 98.6. The fourth-order valence-electron chi connectivity index (χ4n) is 16.5. The van der Waals surface area contributed by atoms with Gasteiger partial charge in [0.25, 0.3) is 33.4 Å². The summed E-state index contributed by atoms with van der Waals surface area (Å²) >= 11 is 0. The van der Waals surface area contributed by atoms with Crippen LogP contribution in [0.2, 0.25) is 0 Å². The Balaban J connectivity index is 0.000000130. The molecule has 14 heterocycles. The molecular weight excluding hydrogens is 1810 g/mol. The molecule has 20 aromatic rings. The summed E-state index contributed by atoms with van der Waals surface area (Å²) in [7, 11) is 1.85. The Morgan fingerprint density at radius 1 is 0.301 bits per heavy atom. The molecular formula is C115H91N9O19.